The molecule has 0 radical (unpaired) electrons. The second-order valence-electron chi connectivity index (χ2n) is 8.61. The molecule has 0 N–H and O–H groups in total. The third-order valence-electron chi connectivity index (χ3n) is 7.91. The lowest BCUT2D eigenvalue weighted by atomic mass is 9.47. The summed E-state index contributed by atoms with van der Waals surface area (Å²) in [6, 6.07) is 0. The summed E-state index contributed by atoms with van der Waals surface area (Å²) < 4.78 is 0. The monoisotopic (exact) mass is 284 g/mol. The summed E-state index contributed by atoms with van der Waals surface area (Å²) in [5.41, 5.74) is 2.31. The van der Waals surface area contributed by atoms with Gasteiger partial charge in [0.25, 0.3) is 0 Å². The van der Waals surface area contributed by atoms with E-state index in [0.717, 1.165) is 42.9 Å². The largest absolute Gasteiger partial charge is 0.295 e. The predicted molar refractivity (Wildman–Crippen MR) is 85.8 cm³/mol. The standard InChI is InChI=1S/C20H28O/c1-13-4-7-17-16-6-5-14-12-15(21)8-10-20(14,3)18(16)9-11-19(13,17)2/h4,7,12-13,16-18H,5-6,8-11H2,1-3H3. The maximum Gasteiger partial charge on any atom is 0.155 e. The van der Waals surface area contributed by atoms with Crippen LogP contribution in [0.1, 0.15) is 59.3 Å². The molecule has 0 aromatic rings. The number of carbonyl (C=O) groups is 1. The Labute approximate surface area is 128 Å². The summed E-state index contributed by atoms with van der Waals surface area (Å²) in [6.07, 6.45) is 14.1. The lowest BCUT2D eigenvalue weighted by Gasteiger charge is -2.57. The Morgan fingerprint density at radius 1 is 1.10 bits per heavy atom. The molecule has 0 spiro atoms. The fraction of sp³-hybridized carbons (Fsp3) is 0.750. The Morgan fingerprint density at radius 3 is 2.71 bits per heavy atom. The van der Waals surface area contributed by atoms with Crippen LogP contribution < -0.4 is 0 Å². The van der Waals surface area contributed by atoms with Gasteiger partial charge >= 0.3 is 0 Å². The van der Waals surface area contributed by atoms with Crippen molar-refractivity contribution in [3.8, 4) is 0 Å². The van der Waals surface area contributed by atoms with Crippen LogP contribution in [0.4, 0.5) is 0 Å². The van der Waals surface area contributed by atoms with E-state index in [4.69, 9.17) is 0 Å². The van der Waals surface area contributed by atoms with Crippen LogP contribution in [0.3, 0.4) is 0 Å². The van der Waals surface area contributed by atoms with Crippen LogP contribution in [0.25, 0.3) is 0 Å². The second-order valence-corrected chi connectivity index (χ2v) is 8.61. The van der Waals surface area contributed by atoms with E-state index in [9.17, 15) is 4.79 Å². The van der Waals surface area contributed by atoms with Gasteiger partial charge in [0.2, 0.25) is 0 Å². The van der Waals surface area contributed by atoms with E-state index >= 15 is 0 Å². The van der Waals surface area contributed by atoms with Gasteiger partial charge in [0.05, 0.1) is 0 Å². The maximum absolute atomic E-state index is 11.8. The van der Waals surface area contributed by atoms with Crippen LogP contribution in [0, 0.1) is 34.5 Å². The average Bonchev–Trinajstić information content (AvgIpc) is 2.76. The number of allylic oxidation sites excluding steroid dienone is 4. The molecule has 0 bridgehead atoms. The molecule has 1 heteroatoms. The van der Waals surface area contributed by atoms with Gasteiger partial charge in [0.15, 0.2) is 5.78 Å². The Kier molecular flexibility index (Phi) is 2.85. The van der Waals surface area contributed by atoms with Crippen molar-refractivity contribution in [2.75, 3.05) is 0 Å². The maximum atomic E-state index is 11.8. The molecule has 0 aromatic heterocycles. The molecule has 1 nitrogen and oxygen atoms in total. The van der Waals surface area contributed by atoms with Crippen LogP contribution in [-0.2, 0) is 4.79 Å². The molecule has 6 unspecified atom stereocenters. The van der Waals surface area contributed by atoms with Crippen molar-refractivity contribution in [1.82, 2.24) is 0 Å². The number of fused-ring (bicyclic) bond motifs is 5. The van der Waals surface area contributed by atoms with Gasteiger partial charge in [-0.25, -0.2) is 0 Å². The van der Waals surface area contributed by atoms with Crippen LogP contribution in [-0.4, -0.2) is 5.78 Å². The van der Waals surface area contributed by atoms with Crippen molar-refractivity contribution in [1.29, 1.82) is 0 Å². The minimum atomic E-state index is 0.317. The van der Waals surface area contributed by atoms with Crippen LogP contribution in [0.2, 0.25) is 0 Å². The van der Waals surface area contributed by atoms with Crippen molar-refractivity contribution in [2.45, 2.75) is 59.3 Å². The molecule has 0 heterocycles. The Bertz CT molecular complexity index is 542. The van der Waals surface area contributed by atoms with E-state index in [0.29, 0.717) is 16.6 Å². The zero-order valence-electron chi connectivity index (χ0n) is 13.7. The molecule has 0 saturated heterocycles. The fourth-order valence-electron chi connectivity index (χ4n) is 6.24. The van der Waals surface area contributed by atoms with Crippen LogP contribution in [0.5, 0.6) is 0 Å². The summed E-state index contributed by atoms with van der Waals surface area (Å²) in [5, 5.41) is 0. The lowest BCUT2D eigenvalue weighted by molar-refractivity contribution is -0.117. The second kappa shape index (κ2) is 4.33. The smallest absolute Gasteiger partial charge is 0.155 e. The molecule has 4 aliphatic carbocycles. The van der Waals surface area contributed by atoms with Gasteiger partial charge in [-0.1, -0.05) is 38.5 Å². The molecule has 4 aliphatic rings. The van der Waals surface area contributed by atoms with E-state index in [1.807, 2.05) is 6.08 Å². The molecular weight excluding hydrogens is 256 g/mol. The van der Waals surface area contributed by atoms with E-state index < -0.39 is 0 Å². The molecule has 114 valence electrons. The van der Waals surface area contributed by atoms with Crippen molar-refractivity contribution in [3.63, 3.8) is 0 Å². The van der Waals surface area contributed by atoms with Gasteiger partial charge < -0.3 is 0 Å². The molecule has 6 atom stereocenters. The summed E-state index contributed by atoms with van der Waals surface area (Å²) >= 11 is 0. The summed E-state index contributed by atoms with van der Waals surface area (Å²) in [7, 11) is 0. The highest BCUT2D eigenvalue weighted by Crippen LogP contribution is 2.64. The molecule has 0 aromatic carbocycles. The highest BCUT2D eigenvalue weighted by atomic mass is 16.1. The van der Waals surface area contributed by atoms with Crippen LogP contribution >= 0.6 is 0 Å². The van der Waals surface area contributed by atoms with Gasteiger partial charge in [-0.2, -0.15) is 0 Å². The SMILES string of the molecule is CC1C=CC2C3CCC4=CC(=O)CCC4(C)C3CCC12C. The molecule has 0 aliphatic heterocycles. The fourth-order valence-corrected chi connectivity index (χ4v) is 6.24. The van der Waals surface area contributed by atoms with Gasteiger partial charge in [-0.3, -0.25) is 4.79 Å². The van der Waals surface area contributed by atoms with Crippen molar-refractivity contribution < 1.29 is 4.79 Å². The van der Waals surface area contributed by atoms with Crippen LogP contribution in [0.15, 0.2) is 23.8 Å². The first-order valence-corrected chi connectivity index (χ1v) is 8.87. The quantitative estimate of drug-likeness (QED) is 0.576. The first-order chi connectivity index (χ1) is 9.95. The topological polar surface area (TPSA) is 17.1 Å². The third-order valence-corrected chi connectivity index (χ3v) is 7.91. The first kappa shape index (κ1) is 13.8. The van der Waals surface area contributed by atoms with Gasteiger partial charge in [0, 0.05) is 6.42 Å². The lowest BCUT2D eigenvalue weighted by Crippen LogP contribution is -2.50. The number of hydrogen-bond acceptors (Lipinski definition) is 1. The van der Waals surface area contributed by atoms with Crippen molar-refractivity contribution in [2.24, 2.45) is 34.5 Å². The normalized spacial score (nSPS) is 52.0. The summed E-state index contributed by atoms with van der Waals surface area (Å²) in [5.74, 6) is 3.54. The third kappa shape index (κ3) is 1.72. The number of rotatable bonds is 0. The van der Waals surface area contributed by atoms with Crippen molar-refractivity contribution in [3.05, 3.63) is 23.8 Å². The predicted octanol–water partition coefficient (Wildman–Crippen LogP) is 4.93. The summed E-state index contributed by atoms with van der Waals surface area (Å²) in [6.45, 7) is 7.40. The molecular formula is C20H28O. The number of hydrogen-bond donors (Lipinski definition) is 0. The Hall–Kier alpha value is -0.850. The molecule has 4 rings (SSSR count). The molecule has 0 amide bonds. The molecule has 21 heavy (non-hydrogen) atoms. The van der Waals surface area contributed by atoms with E-state index in [1.165, 1.54) is 24.8 Å². The average molecular weight is 284 g/mol. The minimum Gasteiger partial charge on any atom is -0.295 e. The van der Waals surface area contributed by atoms with Crippen molar-refractivity contribution >= 4 is 5.78 Å². The number of ketones is 1. The zero-order chi connectivity index (χ0) is 14.8. The first-order valence-electron chi connectivity index (χ1n) is 8.87. The van der Waals surface area contributed by atoms with E-state index in [1.54, 1.807) is 0 Å². The minimum absolute atomic E-state index is 0.317. The zero-order valence-corrected chi connectivity index (χ0v) is 13.7. The highest BCUT2D eigenvalue weighted by molar-refractivity contribution is 5.91. The van der Waals surface area contributed by atoms with Gasteiger partial charge in [-0.15, -0.1) is 0 Å². The van der Waals surface area contributed by atoms with Gasteiger partial charge in [0.1, 0.15) is 0 Å². The Balaban J connectivity index is 1.70. The van der Waals surface area contributed by atoms with E-state index in [-0.39, 0.29) is 0 Å². The summed E-state index contributed by atoms with van der Waals surface area (Å²) in [4.78, 5) is 11.8. The molecule has 2 saturated carbocycles. The van der Waals surface area contributed by atoms with Gasteiger partial charge in [-0.05, 0) is 72.7 Å². The van der Waals surface area contributed by atoms with E-state index in [2.05, 4.69) is 32.9 Å². The Morgan fingerprint density at radius 2 is 1.90 bits per heavy atom. The molecule has 2 fully saturated rings. The highest BCUT2D eigenvalue weighted by Gasteiger charge is 2.56. The number of carbonyl (C=O) groups excluding carboxylic acids is 1.